The van der Waals surface area contributed by atoms with Crippen molar-refractivity contribution >= 4 is 9.84 Å². The second-order valence-electron chi connectivity index (χ2n) is 2.74. The Balaban J connectivity index is 2.83. The number of hydrogen-bond donors (Lipinski definition) is 1. The molecule has 13 heavy (non-hydrogen) atoms. The maximum absolute atomic E-state index is 11.6. The molecule has 0 aliphatic carbocycles. The molecule has 0 amide bonds. The molecule has 0 aliphatic heterocycles. The Morgan fingerprint density at radius 1 is 1.23 bits per heavy atom. The van der Waals surface area contributed by atoms with Crippen LogP contribution in [0.4, 0.5) is 0 Å². The molecule has 1 aromatic rings. The van der Waals surface area contributed by atoms with E-state index < -0.39 is 9.84 Å². The first-order chi connectivity index (χ1) is 6.17. The van der Waals surface area contributed by atoms with Crippen molar-refractivity contribution in [3.8, 4) is 0 Å². The normalized spacial score (nSPS) is 11.5. The number of sulfone groups is 1. The minimum Gasteiger partial charge on any atom is -0.319 e. The summed E-state index contributed by atoms with van der Waals surface area (Å²) in [4.78, 5) is 0.394. The second kappa shape index (κ2) is 4.39. The third-order valence-electron chi connectivity index (χ3n) is 1.72. The fraction of sp³-hybridized carbons (Fsp3) is 0.333. The van der Waals surface area contributed by atoms with Crippen LogP contribution < -0.4 is 5.32 Å². The molecule has 3 nitrogen and oxygen atoms in total. The summed E-state index contributed by atoms with van der Waals surface area (Å²) in [6.07, 6.45) is 0. The van der Waals surface area contributed by atoms with Gasteiger partial charge in [-0.25, -0.2) is 8.42 Å². The van der Waals surface area contributed by atoms with Gasteiger partial charge in [-0.1, -0.05) is 18.2 Å². The average Bonchev–Trinajstić information content (AvgIpc) is 2.16. The van der Waals surface area contributed by atoms with Crippen LogP contribution in [0.15, 0.2) is 35.2 Å². The highest BCUT2D eigenvalue weighted by atomic mass is 32.2. The van der Waals surface area contributed by atoms with Crippen molar-refractivity contribution in [2.24, 2.45) is 0 Å². The van der Waals surface area contributed by atoms with Gasteiger partial charge in [0, 0.05) is 6.54 Å². The topological polar surface area (TPSA) is 46.2 Å². The molecule has 1 aromatic carbocycles. The van der Waals surface area contributed by atoms with Crippen molar-refractivity contribution in [1.82, 2.24) is 5.32 Å². The summed E-state index contributed by atoms with van der Waals surface area (Å²) in [7, 11) is -1.35. The average molecular weight is 199 g/mol. The van der Waals surface area contributed by atoms with Gasteiger partial charge in [0.15, 0.2) is 9.84 Å². The van der Waals surface area contributed by atoms with Gasteiger partial charge in [-0.05, 0) is 19.2 Å². The van der Waals surface area contributed by atoms with Gasteiger partial charge in [0.2, 0.25) is 0 Å². The van der Waals surface area contributed by atoms with Gasteiger partial charge in [-0.3, -0.25) is 0 Å². The van der Waals surface area contributed by atoms with Gasteiger partial charge in [-0.2, -0.15) is 0 Å². The zero-order valence-electron chi connectivity index (χ0n) is 7.53. The van der Waals surface area contributed by atoms with Gasteiger partial charge in [-0.15, -0.1) is 0 Å². The smallest absolute Gasteiger partial charge is 0.179 e. The van der Waals surface area contributed by atoms with Gasteiger partial charge in [0.1, 0.15) is 0 Å². The quantitative estimate of drug-likeness (QED) is 0.775. The molecular weight excluding hydrogens is 186 g/mol. The predicted molar refractivity (Wildman–Crippen MR) is 52.4 cm³/mol. The first kappa shape index (κ1) is 10.2. The van der Waals surface area contributed by atoms with Crippen molar-refractivity contribution in [3.05, 3.63) is 30.3 Å². The maximum Gasteiger partial charge on any atom is 0.179 e. The molecule has 0 saturated heterocycles. The lowest BCUT2D eigenvalue weighted by molar-refractivity contribution is 0.593. The Kier molecular flexibility index (Phi) is 3.45. The second-order valence-corrected chi connectivity index (χ2v) is 4.84. The number of rotatable bonds is 4. The zero-order valence-corrected chi connectivity index (χ0v) is 8.34. The Morgan fingerprint density at radius 2 is 1.85 bits per heavy atom. The highest BCUT2D eigenvalue weighted by Crippen LogP contribution is 2.08. The molecule has 72 valence electrons. The molecule has 4 heteroatoms. The van der Waals surface area contributed by atoms with E-state index in [1.807, 2.05) is 0 Å². The van der Waals surface area contributed by atoms with Crippen LogP contribution in [-0.2, 0) is 9.84 Å². The molecule has 0 bridgehead atoms. The van der Waals surface area contributed by atoms with E-state index in [0.29, 0.717) is 11.4 Å². The fourth-order valence-corrected chi connectivity index (χ4v) is 2.26. The van der Waals surface area contributed by atoms with Crippen molar-refractivity contribution in [2.45, 2.75) is 4.90 Å². The Labute approximate surface area is 78.7 Å². The summed E-state index contributed by atoms with van der Waals surface area (Å²) in [6, 6.07) is 8.49. The molecule has 0 unspecified atom stereocenters. The van der Waals surface area contributed by atoms with Crippen LogP contribution in [0.1, 0.15) is 0 Å². The minimum atomic E-state index is -3.08. The molecule has 0 aromatic heterocycles. The van der Waals surface area contributed by atoms with Crippen LogP contribution in [0.3, 0.4) is 0 Å². The molecule has 1 rings (SSSR count). The third kappa shape index (κ3) is 2.82. The van der Waals surface area contributed by atoms with E-state index in [9.17, 15) is 8.42 Å². The van der Waals surface area contributed by atoms with E-state index in [2.05, 4.69) is 5.32 Å². The molecular formula is C9H13NO2S. The van der Waals surface area contributed by atoms with E-state index in [4.69, 9.17) is 0 Å². The molecule has 1 N–H and O–H groups in total. The predicted octanol–water partition coefficient (Wildman–Crippen LogP) is 0.680. The van der Waals surface area contributed by atoms with Crippen molar-refractivity contribution in [3.63, 3.8) is 0 Å². The van der Waals surface area contributed by atoms with Crippen molar-refractivity contribution in [2.75, 3.05) is 19.3 Å². The summed E-state index contributed by atoms with van der Waals surface area (Å²) in [5.74, 6) is 0.146. The summed E-state index contributed by atoms with van der Waals surface area (Å²) in [5, 5.41) is 2.81. The SMILES string of the molecule is CNCCS(=O)(=O)c1ccccc1. The van der Waals surface area contributed by atoms with Gasteiger partial charge in [0.05, 0.1) is 10.6 Å². The Bertz CT molecular complexity index is 345. The monoisotopic (exact) mass is 199 g/mol. The number of nitrogens with one attached hydrogen (secondary N) is 1. The van der Waals surface area contributed by atoms with Crippen LogP contribution in [0, 0.1) is 0 Å². The van der Waals surface area contributed by atoms with E-state index in [1.54, 1.807) is 37.4 Å². The molecule has 0 atom stereocenters. The molecule has 0 spiro atoms. The summed E-state index contributed by atoms with van der Waals surface area (Å²) in [6.45, 7) is 0.483. The van der Waals surface area contributed by atoms with E-state index >= 15 is 0 Å². The maximum atomic E-state index is 11.6. The molecule has 0 aliphatic rings. The standard InChI is InChI=1S/C9H13NO2S/c1-10-7-8-13(11,12)9-5-3-2-4-6-9/h2-6,10H,7-8H2,1H3. The molecule has 0 heterocycles. The van der Waals surface area contributed by atoms with Crippen molar-refractivity contribution in [1.29, 1.82) is 0 Å². The number of hydrogen-bond acceptors (Lipinski definition) is 3. The summed E-state index contributed by atoms with van der Waals surface area (Å²) < 4.78 is 23.1. The fourth-order valence-electron chi connectivity index (χ4n) is 0.982. The number of benzene rings is 1. The lowest BCUT2D eigenvalue weighted by Gasteiger charge is -2.02. The van der Waals surface area contributed by atoms with Gasteiger partial charge in [0.25, 0.3) is 0 Å². The van der Waals surface area contributed by atoms with Crippen LogP contribution in [0.25, 0.3) is 0 Å². The molecule has 0 saturated carbocycles. The first-order valence-electron chi connectivity index (χ1n) is 4.09. The Hall–Kier alpha value is -0.870. The lowest BCUT2D eigenvalue weighted by Crippen LogP contribution is -2.19. The summed E-state index contributed by atoms with van der Waals surface area (Å²) >= 11 is 0. The zero-order chi connectivity index (χ0) is 9.73. The highest BCUT2D eigenvalue weighted by molar-refractivity contribution is 7.91. The van der Waals surface area contributed by atoms with E-state index in [-0.39, 0.29) is 5.75 Å². The van der Waals surface area contributed by atoms with E-state index in [1.165, 1.54) is 0 Å². The van der Waals surface area contributed by atoms with Gasteiger partial charge < -0.3 is 5.32 Å². The highest BCUT2D eigenvalue weighted by Gasteiger charge is 2.11. The lowest BCUT2D eigenvalue weighted by atomic mass is 10.4. The summed E-state index contributed by atoms with van der Waals surface area (Å²) in [5.41, 5.74) is 0. The van der Waals surface area contributed by atoms with Crippen LogP contribution >= 0.6 is 0 Å². The minimum absolute atomic E-state index is 0.146. The van der Waals surface area contributed by atoms with Crippen LogP contribution in [0.5, 0.6) is 0 Å². The molecule has 0 fully saturated rings. The van der Waals surface area contributed by atoms with Crippen LogP contribution in [0.2, 0.25) is 0 Å². The van der Waals surface area contributed by atoms with E-state index in [0.717, 1.165) is 0 Å². The van der Waals surface area contributed by atoms with Crippen molar-refractivity contribution < 1.29 is 8.42 Å². The first-order valence-corrected chi connectivity index (χ1v) is 5.74. The van der Waals surface area contributed by atoms with Crippen LogP contribution in [-0.4, -0.2) is 27.8 Å². The van der Waals surface area contributed by atoms with Gasteiger partial charge >= 0.3 is 0 Å². The third-order valence-corrected chi connectivity index (χ3v) is 3.46. The Morgan fingerprint density at radius 3 is 2.38 bits per heavy atom. The largest absolute Gasteiger partial charge is 0.319 e. The molecule has 0 radical (unpaired) electrons.